The van der Waals surface area contributed by atoms with Crippen LogP contribution in [0.1, 0.15) is 47.2 Å². The smallest absolute Gasteiger partial charge is 0.276 e. The molecular formula is C17H18ClFN4O. The van der Waals surface area contributed by atoms with E-state index in [1.165, 1.54) is 6.20 Å². The molecule has 0 unspecified atom stereocenters. The maximum Gasteiger partial charge on any atom is 0.276 e. The van der Waals surface area contributed by atoms with E-state index in [9.17, 15) is 9.18 Å². The summed E-state index contributed by atoms with van der Waals surface area (Å²) in [6.07, 6.45) is 1.99. The van der Waals surface area contributed by atoms with Crippen molar-refractivity contribution in [2.75, 3.05) is 11.9 Å². The zero-order valence-electron chi connectivity index (χ0n) is 13.5. The molecule has 5 nitrogen and oxygen atoms in total. The van der Waals surface area contributed by atoms with Gasteiger partial charge >= 0.3 is 0 Å². The normalized spacial score (nSPS) is 13.7. The molecule has 0 atom stereocenters. The van der Waals surface area contributed by atoms with Gasteiger partial charge in [0.1, 0.15) is 11.6 Å². The number of aromatic nitrogens is 2. The van der Waals surface area contributed by atoms with Gasteiger partial charge in [0.25, 0.3) is 5.91 Å². The molecule has 1 aromatic heterocycles. The molecule has 0 saturated carbocycles. The molecule has 0 spiro atoms. The summed E-state index contributed by atoms with van der Waals surface area (Å²) in [4.78, 5) is 20.8. The quantitative estimate of drug-likeness (QED) is 0.893. The van der Waals surface area contributed by atoms with Gasteiger partial charge in [0.05, 0.1) is 16.9 Å². The molecule has 0 saturated heterocycles. The lowest BCUT2D eigenvalue weighted by Gasteiger charge is -2.19. The van der Waals surface area contributed by atoms with Gasteiger partial charge in [-0.25, -0.2) is 14.4 Å². The maximum atomic E-state index is 14.6. The van der Waals surface area contributed by atoms with Gasteiger partial charge in [-0.3, -0.25) is 4.79 Å². The third-order valence-electron chi connectivity index (χ3n) is 3.95. The molecule has 2 aromatic rings. The summed E-state index contributed by atoms with van der Waals surface area (Å²) in [5.74, 6) is -0.364. The van der Waals surface area contributed by atoms with Gasteiger partial charge in [0.2, 0.25) is 0 Å². The molecule has 1 aliphatic rings. The number of carbonyl (C=O) groups excluding carboxylic acids is 1. The lowest BCUT2D eigenvalue weighted by molar-refractivity contribution is 0.102. The van der Waals surface area contributed by atoms with Crippen LogP contribution >= 0.6 is 11.6 Å². The molecule has 0 fully saturated rings. The van der Waals surface area contributed by atoms with Crippen LogP contribution in [0.15, 0.2) is 18.3 Å². The van der Waals surface area contributed by atoms with E-state index in [1.54, 1.807) is 6.07 Å². The average Bonchev–Trinajstić information content (AvgIpc) is 2.57. The Kier molecular flexibility index (Phi) is 4.78. The number of fused-ring (bicyclic) bond motifs is 1. The lowest BCUT2D eigenvalue weighted by Crippen LogP contribution is -2.25. The van der Waals surface area contributed by atoms with E-state index < -0.39 is 11.7 Å². The highest BCUT2D eigenvalue weighted by Crippen LogP contribution is 2.25. The molecule has 3 rings (SSSR count). The Hall–Kier alpha value is -2.05. The first kappa shape index (κ1) is 16.8. The second kappa shape index (κ2) is 6.83. The van der Waals surface area contributed by atoms with Crippen molar-refractivity contribution in [3.63, 3.8) is 0 Å². The zero-order valence-corrected chi connectivity index (χ0v) is 14.2. The summed E-state index contributed by atoms with van der Waals surface area (Å²) < 4.78 is 14.6. The van der Waals surface area contributed by atoms with Gasteiger partial charge < -0.3 is 10.6 Å². The second-order valence-corrected chi connectivity index (χ2v) is 6.43. The Labute approximate surface area is 144 Å². The van der Waals surface area contributed by atoms with Crippen molar-refractivity contribution >= 4 is 23.2 Å². The SMILES string of the molecule is CC(C)c1ncc(Cl)c(C(=O)Nc2ccc3c(c2F)CCNC3)n1. The van der Waals surface area contributed by atoms with Crippen molar-refractivity contribution < 1.29 is 9.18 Å². The molecule has 0 bridgehead atoms. The molecule has 2 N–H and O–H groups in total. The third kappa shape index (κ3) is 3.25. The summed E-state index contributed by atoms with van der Waals surface area (Å²) in [6, 6.07) is 3.39. The van der Waals surface area contributed by atoms with Crippen LogP contribution in [-0.2, 0) is 13.0 Å². The van der Waals surface area contributed by atoms with Crippen LogP contribution in [0, 0.1) is 5.82 Å². The van der Waals surface area contributed by atoms with Crippen LogP contribution in [0.5, 0.6) is 0 Å². The first-order chi connectivity index (χ1) is 11.5. The monoisotopic (exact) mass is 348 g/mol. The molecule has 7 heteroatoms. The number of anilines is 1. The van der Waals surface area contributed by atoms with Crippen molar-refractivity contribution in [3.05, 3.63) is 51.8 Å². The highest BCUT2D eigenvalue weighted by molar-refractivity contribution is 6.33. The summed E-state index contributed by atoms with van der Waals surface area (Å²) in [5, 5.41) is 5.90. The number of hydrogen-bond acceptors (Lipinski definition) is 4. The number of carbonyl (C=O) groups is 1. The van der Waals surface area contributed by atoms with E-state index in [2.05, 4.69) is 20.6 Å². The van der Waals surface area contributed by atoms with E-state index in [0.29, 0.717) is 24.4 Å². The Bertz CT molecular complexity index is 794. The van der Waals surface area contributed by atoms with Crippen LogP contribution in [-0.4, -0.2) is 22.4 Å². The Balaban J connectivity index is 1.89. The minimum Gasteiger partial charge on any atom is -0.318 e. The third-order valence-corrected chi connectivity index (χ3v) is 4.23. The summed E-state index contributed by atoms with van der Waals surface area (Å²) in [6.45, 7) is 5.19. The van der Waals surface area contributed by atoms with E-state index >= 15 is 0 Å². The van der Waals surface area contributed by atoms with Crippen LogP contribution in [0.4, 0.5) is 10.1 Å². The lowest BCUT2D eigenvalue weighted by atomic mass is 9.99. The van der Waals surface area contributed by atoms with Gasteiger partial charge in [-0.05, 0) is 30.2 Å². The van der Waals surface area contributed by atoms with Crippen LogP contribution in [0.3, 0.4) is 0 Å². The number of nitrogens with zero attached hydrogens (tertiary/aromatic N) is 2. The van der Waals surface area contributed by atoms with Gasteiger partial charge in [0, 0.05) is 12.5 Å². The van der Waals surface area contributed by atoms with Crippen molar-refractivity contribution in [3.8, 4) is 0 Å². The van der Waals surface area contributed by atoms with Crippen molar-refractivity contribution in [2.24, 2.45) is 0 Å². The fourth-order valence-corrected chi connectivity index (χ4v) is 2.81. The summed E-state index contributed by atoms with van der Waals surface area (Å²) >= 11 is 6.03. The number of benzene rings is 1. The Morgan fingerprint density at radius 1 is 1.42 bits per heavy atom. The minimum absolute atomic E-state index is 0.0501. The summed E-state index contributed by atoms with van der Waals surface area (Å²) in [5.41, 5.74) is 1.75. The largest absolute Gasteiger partial charge is 0.318 e. The fourth-order valence-electron chi connectivity index (χ4n) is 2.63. The van der Waals surface area contributed by atoms with Crippen LogP contribution in [0.2, 0.25) is 5.02 Å². The number of halogens is 2. The number of rotatable bonds is 3. The number of amides is 1. The molecule has 2 heterocycles. The minimum atomic E-state index is -0.544. The van der Waals surface area contributed by atoms with Crippen molar-refractivity contribution in [1.82, 2.24) is 15.3 Å². The van der Waals surface area contributed by atoms with E-state index in [-0.39, 0.29) is 22.3 Å². The average molecular weight is 349 g/mol. The van der Waals surface area contributed by atoms with Gasteiger partial charge in [-0.15, -0.1) is 0 Å². The fraction of sp³-hybridized carbons (Fsp3) is 0.353. The molecule has 24 heavy (non-hydrogen) atoms. The molecule has 1 amide bonds. The van der Waals surface area contributed by atoms with Crippen LogP contribution in [0.25, 0.3) is 0 Å². The maximum absolute atomic E-state index is 14.6. The van der Waals surface area contributed by atoms with E-state index in [1.807, 2.05) is 19.9 Å². The first-order valence-electron chi connectivity index (χ1n) is 7.82. The standard InChI is InChI=1S/C17H18ClFN4O/c1-9(2)16-21-8-12(18)15(23-16)17(24)22-13-4-3-10-7-20-6-5-11(10)14(13)19/h3-4,8-9,20H,5-7H2,1-2H3,(H,22,24). The Morgan fingerprint density at radius 2 is 2.21 bits per heavy atom. The molecule has 1 aliphatic heterocycles. The molecule has 0 radical (unpaired) electrons. The van der Waals surface area contributed by atoms with Gasteiger partial charge in [-0.2, -0.15) is 0 Å². The van der Waals surface area contributed by atoms with Gasteiger partial charge in [0.15, 0.2) is 5.69 Å². The summed E-state index contributed by atoms with van der Waals surface area (Å²) in [7, 11) is 0. The highest BCUT2D eigenvalue weighted by Gasteiger charge is 2.20. The molecule has 1 aromatic carbocycles. The van der Waals surface area contributed by atoms with Crippen LogP contribution < -0.4 is 10.6 Å². The molecular weight excluding hydrogens is 331 g/mol. The predicted octanol–water partition coefficient (Wildman–Crippen LogP) is 3.29. The van der Waals surface area contributed by atoms with Crippen molar-refractivity contribution in [2.45, 2.75) is 32.7 Å². The second-order valence-electron chi connectivity index (χ2n) is 6.03. The zero-order chi connectivity index (χ0) is 17.3. The van der Waals surface area contributed by atoms with E-state index in [0.717, 1.165) is 12.1 Å². The topological polar surface area (TPSA) is 66.9 Å². The van der Waals surface area contributed by atoms with Crippen molar-refractivity contribution in [1.29, 1.82) is 0 Å². The highest BCUT2D eigenvalue weighted by atomic mass is 35.5. The predicted molar refractivity (Wildman–Crippen MR) is 90.9 cm³/mol. The number of nitrogens with one attached hydrogen (secondary N) is 2. The molecule has 0 aliphatic carbocycles. The van der Waals surface area contributed by atoms with E-state index in [4.69, 9.17) is 11.6 Å². The molecule has 126 valence electrons. The van der Waals surface area contributed by atoms with Gasteiger partial charge in [-0.1, -0.05) is 31.5 Å². The first-order valence-corrected chi connectivity index (χ1v) is 8.20. The Morgan fingerprint density at radius 3 is 2.96 bits per heavy atom. The number of hydrogen-bond donors (Lipinski definition) is 2.